The lowest BCUT2D eigenvalue weighted by Gasteiger charge is -2.37. The molecule has 0 aromatic heterocycles. The SMILES string of the molecule is CNCC1CCN(CC(=O)N2CC(C)OC(C)C2)CC1. The number of carbonyl (C=O) groups is 1. The molecule has 2 rings (SSSR count). The molecule has 0 aromatic carbocycles. The van der Waals surface area contributed by atoms with Crippen molar-refractivity contribution in [2.75, 3.05) is 46.3 Å². The molecular weight excluding hydrogens is 254 g/mol. The Morgan fingerprint density at radius 1 is 1.20 bits per heavy atom. The summed E-state index contributed by atoms with van der Waals surface area (Å²) in [7, 11) is 2.01. The van der Waals surface area contributed by atoms with Crippen LogP contribution < -0.4 is 5.32 Å². The first-order chi connectivity index (χ1) is 9.58. The highest BCUT2D eigenvalue weighted by Crippen LogP contribution is 2.17. The lowest BCUT2D eigenvalue weighted by atomic mass is 9.97. The molecule has 20 heavy (non-hydrogen) atoms. The number of nitrogens with zero attached hydrogens (tertiary/aromatic N) is 2. The van der Waals surface area contributed by atoms with Crippen molar-refractivity contribution >= 4 is 5.91 Å². The molecule has 2 aliphatic heterocycles. The molecule has 0 spiro atoms. The van der Waals surface area contributed by atoms with Crippen LogP contribution in [0, 0.1) is 5.92 Å². The predicted octanol–water partition coefficient (Wildman–Crippen LogP) is 0.554. The average Bonchev–Trinajstić information content (AvgIpc) is 2.40. The van der Waals surface area contributed by atoms with Gasteiger partial charge in [-0.25, -0.2) is 0 Å². The number of piperidine rings is 1. The van der Waals surface area contributed by atoms with E-state index in [9.17, 15) is 4.79 Å². The smallest absolute Gasteiger partial charge is 0.236 e. The van der Waals surface area contributed by atoms with Crippen LogP contribution in [-0.2, 0) is 9.53 Å². The molecule has 116 valence electrons. The summed E-state index contributed by atoms with van der Waals surface area (Å²) in [4.78, 5) is 16.7. The maximum absolute atomic E-state index is 12.4. The highest BCUT2D eigenvalue weighted by atomic mass is 16.5. The van der Waals surface area contributed by atoms with Crippen molar-refractivity contribution < 1.29 is 9.53 Å². The Morgan fingerprint density at radius 3 is 2.35 bits per heavy atom. The zero-order chi connectivity index (χ0) is 14.5. The largest absolute Gasteiger partial charge is 0.372 e. The van der Waals surface area contributed by atoms with Gasteiger partial charge in [0, 0.05) is 13.1 Å². The molecule has 0 aliphatic carbocycles. The van der Waals surface area contributed by atoms with Gasteiger partial charge in [0.15, 0.2) is 0 Å². The number of hydrogen-bond donors (Lipinski definition) is 1. The summed E-state index contributed by atoms with van der Waals surface area (Å²) >= 11 is 0. The van der Waals surface area contributed by atoms with Crippen molar-refractivity contribution in [1.29, 1.82) is 0 Å². The fourth-order valence-electron chi connectivity index (χ4n) is 3.31. The van der Waals surface area contributed by atoms with Crippen LogP contribution >= 0.6 is 0 Å². The molecule has 2 unspecified atom stereocenters. The fourth-order valence-corrected chi connectivity index (χ4v) is 3.31. The van der Waals surface area contributed by atoms with E-state index in [0.29, 0.717) is 6.54 Å². The van der Waals surface area contributed by atoms with Crippen LogP contribution in [-0.4, -0.2) is 74.2 Å². The second kappa shape index (κ2) is 7.38. The van der Waals surface area contributed by atoms with Crippen molar-refractivity contribution in [3.8, 4) is 0 Å². The van der Waals surface area contributed by atoms with Crippen molar-refractivity contribution in [2.45, 2.75) is 38.9 Å². The van der Waals surface area contributed by atoms with Crippen LogP contribution in [0.2, 0.25) is 0 Å². The van der Waals surface area contributed by atoms with Gasteiger partial charge in [0.25, 0.3) is 0 Å². The molecule has 0 saturated carbocycles. The number of morpholine rings is 1. The first-order valence-electron chi connectivity index (χ1n) is 7.88. The fraction of sp³-hybridized carbons (Fsp3) is 0.933. The van der Waals surface area contributed by atoms with E-state index in [1.165, 1.54) is 12.8 Å². The van der Waals surface area contributed by atoms with E-state index < -0.39 is 0 Å². The van der Waals surface area contributed by atoms with Gasteiger partial charge >= 0.3 is 0 Å². The summed E-state index contributed by atoms with van der Waals surface area (Å²) < 4.78 is 5.68. The molecule has 2 aliphatic rings. The third kappa shape index (κ3) is 4.43. The molecule has 0 aromatic rings. The Hall–Kier alpha value is -0.650. The van der Waals surface area contributed by atoms with Crippen molar-refractivity contribution in [1.82, 2.24) is 15.1 Å². The molecule has 1 N–H and O–H groups in total. The van der Waals surface area contributed by atoms with Gasteiger partial charge in [0.05, 0.1) is 18.8 Å². The molecular formula is C15H29N3O2. The minimum absolute atomic E-state index is 0.157. The Labute approximate surface area is 122 Å². The molecule has 0 bridgehead atoms. The second-order valence-electron chi connectivity index (χ2n) is 6.33. The molecule has 2 heterocycles. The van der Waals surface area contributed by atoms with Gasteiger partial charge in [-0.15, -0.1) is 0 Å². The molecule has 0 radical (unpaired) electrons. The number of hydrogen-bond acceptors (Lipinski definition) is 4. The Balaban J connectivity index is 1.75. The Bertz CT molecular complexity index is 306. The highest BCUT2D eigenvalue weighted by Gasteiger charge is 2.28. The van der Waals surface area contributed by atoms with E-state index in [-0.39, 0.29) is 18.1 Å². The van der Waals surface area contributed by atoms with E-state index >= 15 is 0 Å². The first-order valence-corrected chi connectivity index (χ1v) is 7.88. The van der Waals surface area contributed by atoms with Gasteiger partial charge < -0.3 is 15.0 Å². The van der Waals surface area contributed by atoms with Gasteiger partial charge in [-0.1, -0.05) is 0 Å². The summed E-state index contributed by atoms with van der Waals surface area (Å²) in [5.41, 5.74) is 0. The monoisotopic (exact) mass is 283 g/mol. The van der Waals surface area contributed by atoms with Crippen LogP contribution in [0.25, 0.3) is 0 Å². The quantitative estimate of drug-likeness (QED) is 0.818. The van der Waals surface area contributed by atoms with E-state index in [1.807, 2.05) is 25.8 Å². The third-order valence-corrected chi connectivity index (χ3v) is 4.33. The van der Waals surface area contributed by atoms with Gasteiger partial charge in [0.2, 0.25) is 5.91 Å². The van der Waals surface area contributed by atoms with Gasteiger partial charge in [-0.2, -0.15) is 0 Å². The van der Waals surface area contributed by atoms with Crippen molar-refractivity contribution in [3.63, 3.8) is 0 Å². The lowest BCUT2D eigenvalue weighted by molar-refractivity contribution is -0.144. The lowest BCUT2D eigenvalue weighted by Crippen LogP contribution is -2.51. The third-order valence-electron chi connectivity index (χ3n) is 4.33. The molecule has 2 atom stereocenters. The highest BCUT2D eigenvalue weighted by molar-refractivity contribution is 5.78. The van der Waals surface area contributed by atoms with E-state index in [0.717, 1.165) is 38.6 Å². The number of rotatable bonds is 4. The average molecular weight is 283 g/mol. The zero-order valence-corrected chi connectivity index (χ0v) is 13.1. The molecule has 5 nitrogen and oxygen atoms in total. The maximum atomic E-state index is 12.4. The van der Waals surface area contributed by atoms with E-state index in [4.69, 9.17) is 4.74 Å². The van der Waals surface area contributed by atoms with Gasteiger partial charge in [-0.3, -0.25) is 9.69 Å². The summed E-state index contributed by atoms with van der Waals surface area (Å²) in [5.74, 6) is 1.04. The van der Waals surface area contributed by atoms with Gasteiger partial charge in [0.1, 0.15) is 0 Å². The Morgan fingerprint density at radius 2 is 1.80 bits per heavy atom. The number of nitrogens with one attached hydrogen (secondary N) is 1. The number of ether oxygens (including phenoxy) is 1. The van der Waals surface area contributed by atoms with Crippen LogP contribution in [0.5, 0.6) is 0 Å². The van der Waals surface area contributed by atoms with Crippen LogP contribution in [0.1, 0.15) is 26.7 Å². The molecule has 5 heteroatoms. The topological polar surface area (TPSA) is 44.8 Å². The second-order valence-corrected chi connectivity index (χ2v) is 6.33. The van der Waals surface area contributed by atoms with Crippen molar-refractivity contribution in [2.24, 2.45) is 5.92 Å². The standard InChI is InChI=1S/C15H29N3O2/c1-12-9-18(10-13(2)20-12)15(19)11-17-6-4-14(5-7-17)8-16-3/h12-14,16H,4-11H2,1-3H3. The molecule has 2 saturated heterocycles. The minimum atomic E-state index is 0.157. The Kier molecular flexibility index (Phi) is 5.81. The number of carbonyl (C=O) groups excluding carboxylic acids is 1. The summed E-state index contributed by atoms with van der Waals surface area (Å²) in [6, 6.07) is 0. The van der Waals surface area contributed by atoms with Crippen molar-refractivity contribution in [3.05, 3.63) is 0 Å². The van der Waals surface area contributed by atoms with Crippen LogP contribution in [0.4, 0.5) is 0 Å². The molecule has 2 fully saturated rings. The van der Waals surface area contributed by atoms with E-state index in [1.54, 1.807) is 0 Å². The van der Waals surface area contributed by atoms with E-state index in [2.05, 4.69) is 10.2 Å². The normalized spacial score (nSPS) is 29.6. The van der Waals surface area contributed by atoms with Crippen LogP contribution in [0.3, 0.4) is 0 Å². The minimum Gasteiger partial charge on any atom is -0.372 e. The number of likely N-dealkylation sites (tertiary alicyclic amines) is 1. The number of amides is 1. The molecule has 1 amide bonds. The summed E-state index contributed by atoms with van der Waals surface area (Å²) in [6.07, 6.45) is 2.71. The summed E-state index contributed by atoms with van der Waals surface area (Å²) in [5, 5.41) is 3.25. The van der Waals surface area contributed by atoms with Gasteiger partial charge in [-0.05, 0) is 59.3 Å². The predicted molar refractivity (Wildman–Crippen MR) is 79.7 cm³/mol. The first kappa shape index (κ1) is 15.7. The summed E-state index contributed by atoms with van der Waals surface area (Å²) in [6.45, 7) is 9.32. The van der Waals surface area contributed by atoms with Crippen LogP contribution in [0.15, 0.2) is 0 Å². The zero-order valence-electron chi connectivity index (χ0n) is 13.1. The maximum Gasteiger partial charge on any atom is 0.236 e.